The normalized spacial score (nSPS) is 12.2. The van der Waals surface area contributed by atoms with E-state index in [1.807, 2.05) is 30.3 Å². The first-order chi connectivity index (χ1) is 10.3. The highest BCUT2D eigenvalue weighted by atomic mass is 16.1. The van der Waals surface area contributed by atoms with Crippen LogP contribution in [0.2, 0.25) is 0 Å². The molecule has 21 heavy (non-hydrogen) atoms. The third kappa shape index (κ3) is 2.61. The van der Waals surface area contributed by atoms with E-state index in [0.717, 1.165) is 5.56 Å². The van der Waals surface area contributed by atoms with Gasteiger partial charge in [0.1, 0.15) is 0 Å². The second-order valence-corrected chi connectivity index (χ2v) is 4.64. The molecule has 0 aliphatic rings. The van der Waals surface area contributed by atoms with E-state index in [-0.39, 0.29) is 11.9 Å². The van der Waals surface area contributed by atoms with Gasteiger partial charge >= 0.3 is 0 Å². The molecule has 3 aromatic rings. The summed E-state index contributed by atoms with van der Waals surface area (Å²) in [6, 6.07) is 9.42. The molecule has 3 N–H and O–H groups in total. The van der Waals surface area contributed by atoms with Gasteiger partial charge in [-0.2, -0.15) is 5.10 Å². The number of hydrogen-bond acceptors (Lipinski definition) is 4. The summed E-state index contributed by atoms with van der Waals surface area (Å²) in [6.45, 7) is 0.327. The van der Waals surface area contributed by atoms with Crippen molar-refractivity contribution in [3.8, 4) is 0 Å². The number of fused-ring (bicyclic) bond motifs is 1. The predicted octanol–water partition coefficient (Wildman–Crippen LogP) is 1.16. The lowest BCUT2D eigenvalue weighted by molar-refractivity contribution is 0.0939. The first kappa shape index (κ1) is 13.3. The summed E-state index contributed by atoms with van der Waals surface area (Å²) in [7, 11) is 0. The van der Waals surface area contributed by atoms with Crippen LogP contribution in [0.3, 0.4) is 0 Å². The Labute approximate surface area is 121 Å². The van der Waals surface area contributed by atoms with Gasteiger partial charge in [-0.25, -0.2) is 4.52 Å². The Bertz CT molecular complexity index is 753. The summed E-state index contributed by atoms with van der Waals surface area (Å²) < 4.78 is 1.61. The number of aromatic nitrogens is 3. The molecular formula is C15H15N5O. The summed E-state index contributed by atoms with van der Waals surface area (Å²) >= 11 is 0. The highest BCUT2D eigenvalue weighted by Crippen LogP contribution is 2.14. The van der Waals surface area contributed by atoms with E-state index in [1.165, 1.54) is 6.20 Å². The smallest absolute Gasteiger partial charge is 0.255 e. The second-order valence-electron chi connectivity index (χ2n) is 4.64. The zero-order chi connectivity index (χ0) is 14.7. The number of rotatable bonds is 4. The Kier molecular flexibility index (Phi) is 3.61. The molecule has 0 aliphatic heterocycles. The minimum Gasteiger partial charge on any atom is -0.344 e. The maximum Gasteiger partial charge on any atom is 0.255 e. The topological polar surface area (TPSA) is 85.3 Å². The average molecular weight is 281 g/mol. The van der Waals surface area contributed by atoms with Crippen LogP contribution in [-0.2, 0) is 0 Å². The molecule has 1 unspecified atom stereocenters. The zero-order valence-corrected chi connectivity index (χ0v) is 11.3. The molecule has 0 saturated carbocycles. The van der Waals surface area contributed by atoms with Crippen molar-refractivity contribution in [2.45, 2.75) is 6.04 Å². The van der Waals surface area contributed by atoms with Crippen molar-refractivity contribution in [2.75, 3.05) is 6.54 Å². The lowest BCUT2D eigenvalue weighted by Crippen LogP contribution is -2.33. The van der Waals surface area contributed by atoms with Crippen molar-refractivity contribution in [3.05, 3.63) is 66.2 Å². The second kappa shape index (κ2) is 5.72. The number of hydrogen-bond donors (Lipinski definition) is 2. The molecule has 3 rings (SSSR count). The third-order valence-electron chi connectivity index (χ3n) is 3.31. The Balaban J connectivity index is 1.85. The van der Waals surface area contributed by atoms with Crippen LogP contribution in [0.5, 0.6) is 0 Å². The molecule has 0 radical (unpaired) electrons. The number of nitrogens with zero attached hydrogens (tertiary/aromatic N) is 3. The largest absolute Gasteiger partial charge is 0.344 e. The third-order valence-corrected chi connectivity index (χ3v) is 3.31. The fraction of sp³-hybridized carbons (Fsp3) is 0.133. The summed E-state index contributed by atoms with van der Waals surface area (Å²) in [6.07, 6.45) is 6.46. The van der Waals surface area contributed by atoms with E-state index in [4.69, 9.17) is 5.73 Å². The standard InChI is InChI=1S/C15H15N5O/c16-8-13(11-4-2-1-3-5-11)19-15(21)12-9-18-20-7-6-17-10-14(12)20/h1-7,9-10,13H,8,16H2,(H,19,21). The number of benzene rings is 1. The van der Waals surface area contributed by atoms with Crippen LogP contribution in [0.25, 0.3) is 5.52 Å². The van der Waals surface area contributed by atoms with Gasteiger partial charge in [-0.1, -0.05) is 30.3 Å². The van der Waals surface area contributed by atoms with Crippen molar-refractivity contribution in [2.24, 2.45) is 5.73 Å². The maximum absolute atomic E-state index is 12.4. The lowest BCUT2D eigenvalue weighted by Gasteiger charge is -2.16. The van der Waals surface area contributed by atoms with Crippen LogP contribution in [0.1, 0.15) is 22.0 Å². The highest BCUT2D eigenvalue weighted by Gasteiger charge is 2.17. The van der Waals surface area contributed by atoms with Gasteiger partial charge in [0.2, 0.25) is 0 Å². The van der Waals surface area contributed by atoms with Crippen LogP contribution in [0.4, 0.5) is 0 Å². The monoisotopic (exact) mass is 281 g/mol. The fourth-order valence-corrected chi connectivity index (χ4v) is 2.21. The number of carbonyl (C=O) groups excluding carboxylic acids is 1. The Morgan fingerprint density at radius 1 is 1.29 bits per heavy atom. The van der Waals surface area contributed by atoms with E-state index in [0.29, 0.717) is 17.6 Å². The molecule has 0 bridgehead atoms. The minimum atomic E-state index is -0.231. The molecule has 0 aliphatic carbocycles. The molecule has 106 valence electrons. The molecule has 1 amide bonds. The maximum atomic E-state index is 12.4. The molecule has 0 spiro atoms. The summed E-state index contributed by atoms with van der Waals surface area (Å²) in [4.78, 5) is 16.4. The van der Waals surface area contributed by atoms with Crippen LogP contribution < -0.4 is 11.1 Å². The average Bonchev–Trinajstić information content (AvgIpc) is 2.97. The van der Waals surface area contributed by atoms with Crippen LogP contribution in [-0.4, -0.2) is 27.0 Å². The van der Waals surface area contributed by atoms with Crippen LogP contribution in [0, 0.1) is 0 Å². The SMILES string of the molecule is NCC(NC(=O)c1cnn2ccncc12)c1ccccc1. The first-order valence-electron chi connectivity index (χ1n) is 6.63. The number of carbonyl (C=O) groups is 1. The Hall–Kier alpha value is -2.73. The van der Waals surface area contributed by atoms with Gasteiger partial charge in [-0.3, -0.25) is 9.78 Å². The predicted molar refractivity (Wildman–Crippen MR) is 78.7 cm³/mol. The number of nitrogens with two attached hydrogens (primary N) is 1. The molecular weight excluding hydrogens is 266 g/mol. The quantitative estimate of drug-likeness (QED) is 0.751. The van der Waals surface area contributed by atoms with Gasteiger partial charge in [0.25, 0.3) is 5.91 Å². The van der Waals surface area contributed by atoms with Crippen molar-refractivity contribution >= 4 is 11.4 Å². The fourth-order valence-electron chi connectivity index (χ4n) is 2.21. The highest BCUT2D eigenvalue weighted by molar-refractivity contribution is 6.00. The van der Waals surface area contributed by atoms with Crippen LogP contribution in [0.15, 0.2) is 55.1 Å². The van der Waals surface area contributed by atoms with Crippen LogP contribution >= 0.6 is 0 Å². The number of amides is 1. The Morgan fingerprint density at radius 2 is 2.10 bits per heavy atom. The zero-order valence-electron chi connectivity index (χ0n) is 11.3. The van der Waals surface area contributed by atoms with Gasteiger partial charge in [-0.05, 0) is 5.56 Å². The van der Waals surface area contributed by atoms with Crippen molar-refractivity contribution in [1.29, 1.82) is 0 Å². The minimum absolute atomic E-state index is 0.211. The molecule has 1 atom stereocenters. The van der Waals surface area contributed by atoms with Gasteiger partial charge in [0, 0.05) is 18.9 Å². The van der Waals surface area contributed by atoms with Crippen molar-refractivity contribution < 1.29 is 4.79 Å². The molecule has 1 aromatic carbocycles. The molecule has 6 heteroatoms. The van der Waals surface area contributed by atoms with E-state index in [2.05, 4.69) is 15.4 Å². The Morgan fingerprint density at radius 3 is 2.86 bits per heavy atom. The van der Waals surface area contributed by atoms with Gasteiger partial charge < -0.3 is 11.1 Å². The molecule has 0 fully saturated rings. The first-order valence-corrected chi connectivity index (χ1v) is 6.63. The van der Waals surface area contributed by atoms with E-state index >= 15 is 0 Å². The summed E-state index contributed by atoms with van der Waals surface area (Å²) in [5, 5.41) is 7.06. The van der Waals surface area contributed by atoms with Crippen molar-refractivity contribution in [3.63, 3.8) is 0 Å². The molecule has 2 heterocycles. The summed E-state index contributed by atoms with van der Waals surface area (Å²) in [5.41, 5.74) is 7.90. The summed E-state index contributed by atoms with van der Waals surface area (Å²) in [5.74, 6) is -0.211. The van der Waals surface area contributed by atoms with E-state index in [9.17, 15) is 4.79 Å². The van der Waals surface area contributed by atoms with Gasteiger partial charge in [-0.15, -0.1) is 0 Å². The van der Waals surface area contributed by atoms with E-state index in [1.54, 1.807) is 23.1 Å². The van der Waals surface area contributed by atoms with Gasteiger partial charge in [0.15, 0.2) is 0 Å². The van der Waals surface area contributed by atoms with Gasteiger partial charge in [0.05, 0.1) is 29.5 Å². The lowest BCUT2D eigenvalue weighted by atomic mass is 10.1. The molecule has 2 aromatic heterocycles. The van der Waals surface area contributed by atoms with E-state index < -0.39 is 0 Å². The molecule has 0 saturated heterocycles. The molecule has 6 nitrogen and oxygen atoms in total. The number of nitrogens with one attached hydrogen (secondary N) is 1. The van der Waals surface area contributed by atoms with Crippen molar-refractivity contribution in [1.82, 2.24) is 19.9 Å².